The molecule has 216 valence electrons. The van der Waals surface area contributed by atoms with E-state index >= 15 is 0 Å². The Morgan fingerprint density at radius 2 is 1.56 bits per heavy atom. The predicted molar refractivity (Wildman–Crippen MR) is 145 cm³/mol. The van der Waals surface area contributed by atoms with Gasteiger partial charge in [-0.15, -0.1) is 0 Å². The molecule has 1 aromatic rings. The van der Waals surface area contributed by atoms with E-state index in [0.717, 1.165) is 50.5 Å². The Labute approximate surface area is 230 Å². The van der Waals surface area contributed by atoms with Crippen molar-refractivity contribution in [3.8, 4) is 17.2 Å². The Morgan fingerprint density at radius 1 is 0.949 bits per heavy atom. The fourth-order valence-corrected chi connectivity index (χ4v) is 6.48. The summed E-state index contributed by atoms with van der Waals surface area (Å²) in [4.78, 5) is 42.3. The van der Waals surface area contributed by atoms with Crippen LogP contribution in [0.15, 0.2) is 12.1 Å². The molecule has 1 unspecified atom stereocenters. The molecule has 1 aliphatic carbocycles. The van der Waals surface area contributed by atoms with Gasteiger partial charge in [-0.2, -0.15) is 0 Å². The minimum absolute atomic E-state index is 0.0730. The van der Waals surface area contributed by atoms with Crippen molar-refractivity contribution in [2.75, 3.05) is 41.1 Å². The molecule has 2 atom stereocenters. The second-order valence-corrected chi connectivity index (χ2v) is 10.9. The number of nitrogens with two attached hydrogens (primary N) is 1. The minimum Gasteiger partial charge on any atom is -0.493 e. The highest BCUT2D eigenvalue weighted by molar-refractivity contribution is 5.95. The van der Waals surface area contributed by atoms with Crippen LogP contribution in [0.25, 0.3) is 0 Å². The number of carbonyl (C=O) groups is 3. The van der Waals surface area contributed by atoms with Crippen LogP contribution in [0, 0.1) is 5.92 Å². The number of rotatable bonds is 9. The maximum absolute atomic E-state index is 14.5. The Morgan fingerprint density at radius 3 is 2.13 bits per heavy atom. The minimum atomic E-state index is -1.15. The summed E-state index contributed by atoms with van der Waals surface area (Å²) >= 11 is 0. The van der Waals surface area contributed by atoms with Crippen molar-refractivity contribution in [3.05, 3.63) is 17.7 Å². The van der Waals surface area contributed by atoms with Gasteiger partial charge in [0.05, 0.1) is 27.2 Å². The third-order valence-electron chi connectivity index (χ3n) is 8.70. The van der Waals surface area contributed by atoms with E-state index in [0.29, 0.717) is 56.3 Å². The first-order chi connectivity index (χ1) is 18.8. The molecule has 1 aromatic carbocycles. The molecule has 4 rings (SSSR count). The lowest BCUT2D eigenvalue weighted by Gasteiger charge is -2.42. The first-order valence-corrected chi connectivity index (χ1v) is 14.1. The summed E-state index contributed by atoms with van der Waals surface area (Å²) < 4.78 is 22.2. The number of piperidine rings is 1. The zero-order chi connectivity index (χ0) is 28.0. The second-order valence-electron chi connectivity index (χ2n) is 10.9. The number of likely N-dealkylation sites (tertiary alicyclic amines) is 1. The van der Waals surface area contributed by atoms with E-state index in [4.69, 9.17) is 24.7 Å². The molecule has 1 saturated carbocycles. The summed E-state index contributed by atoms with van der Waals surface area (Å²) in [5.74, 6) is 0.180. The summed E-state index contributed by atoms with van der Waals surface area (Å²) in [6.45, 7) is 1.18. The quantitative estimate of drug-likeness (QED) is 0.488. The number of nitrogens with zero attached hydrogens (tertiary/aromatic N) is 1. The van der Waals surface area contributed by atoms with Crippen molar-refractivity contribution < 1.29 is 33.3 Å². The number of nitrogens with one attached hydrogen (secondary N) is 1. The molecule has 10 nitrogen and oxygen atoms in total. The lowest BCUT2D eigenvalue weighted by atomic mass is 9.75. The van der Waals surface area contributed by atoms with Gasteiger partial charge in [0.1, 0.15) is 11.6 Å². The number of hydrogen-bond donors (Lipinski definition) is 2. The summed E-state index contributed by atoms with van der Waals surface area (Å²) in [7, 11) is 4.68. The summed E-state index contributed by atoms with van der Waals surface area (Å²) in [5, 5.41) is 2.95. The fraction of sp³-hybridized carbons (Fsp3) is 0.690. The zero-order valence-electron chi connectivity index (χ0n) is 23.5. The van der Waals surface area contributed by atoms with Crippen LogP contribution in [0.4, 0.5) is 0 Å². The fourth-order valence-electron chi connectivity index (χ4n) is 6.48. The average molecular weight is 546 g/mol. The van der Waals surface area contributed by atoms with Gasteiger partial charge < -0.3 is 34.9 Å². The number of hydrogen-bond acceptors (Lipinski definition) is 7. The van der Waals surface area contributed by atoms with Crippen molar-refractivity contribution in [1.82, 2.24) is 10.2 Å². The first kappa shape index (κ1) is 29.0. The molecular formula is C29H43N3O7. The van der Waals surface area contributed by atoms with Crippen LogP contribution < -0.4 is 25.3 Å². The van der Waals surface area contributed by atoms with E-state index in [2.05, 4.69) is 5.32 Å². The number of primary amides is 1. The standard InChI is InChI=1S/C29H43N3O7/c1-36-22-17-20(18-23(37-2)25(22)38-3)24(19-9-5-4-6-10-19)27(34)32-14-8-7-11-21(32)26(33)31-29(28(30)35)12-15-39-16-13-29/h17-19,21,24H,4-16H2,1-3H3,(H2,30,35)(H,31,33)/t21-,24?/m0/s1. The lowest BCUT2D eigenvalue weighted by Crippen LogP contribution is -2.64. The van der Waals surface area contributed by atoms with Crippen LogP contribution in [0.3, 0.4) is 0 Å². The average Bonchev–Trinajstić information content (AvgIpc) is 2.97. The SMILES string of the molecule is COc1cc(C(C(=O)N2CCCC[C@H]2C(=O)NC2(C(N)=O)CCOCC2)C2CCCCC2)cc(OC)c1OC. The smallest absolute Gasteiger partial charge is 0.243 e. The largest absolute Gasteiger partial charge is 0.493 e. The maximum atomic E-state index is 14.5. The highest BCUT2D eigenvalue weighted by Crippen LogP contribution is 2.45. The summed E-state index contributed by atoms with van der Waals surface area (Å²) in [6.07, 6.45) is 7.97. The number of carbonyl (C=O) groups excluding carboxylic acids is 3. The Bertz CT molecular complexity index is 1010. The number of ether oxygens (including phenoxy) is 4. The molecule has 3 N–H and O–H groups in total. The van der Waals surface area contributed by atoms with E-state index in [1.54, 1.807) is 26.2 Å². The van der Waals surface area contributed by atoms with Gasteiger partial charge in [-0.1, -0.05) is 19.3 Å². The normalized spacial score (nSPS) is 22.4. The number of benzene rings is 1. The molecule has 2 saturated heterocycles. The van der Waals surface area contributed by atoms with Gasteiger partial charge in [0.2, 0.25) is 23.5 Å². The molecular weight excluding hydrogens is 502 g/mol. The Hall–Kier alpha value is -3.01. The Balaban J connectivity index is 1.68. The van der Waals surface area contributed by atoms with E-state index in [-0.39, 0.29) is 17.7 Å². The van der Waals surface area contributed by atoms with Crippen molar-refractivity contribution in [1.29, 1.82) is 0 Å². The molecule has 2 aliphatic heterocycles. The third-order valence-corrected chi connectivity index (χ3v) is 8.70. The van der Waals surface area contributed by atoms with Crippen LogP contribution in [0.1, 0.15) is 75.7 Å². The predicted octanol–water partition coefficient (Wildman–Crippen LogP) is 2.91. The van der Waals surface area contributed by atoms with E-state index in [1.165, 1.54) is 0 Å². The van der Waals surface area contributed by atoms with Crippen LogP contribution in [0.2, 0.25) is 0 Å². The van der Waals surface area contributed by atoms with Crippen LogP contribution in [-0.4, -0.2) is 75.3 Å². The Kier molecular flexibility index (Phi) is 9.58. The van der Waals surface area contributed by atoms with Crippen molar-refractivity contribution in [2.45, 2.75) is 81.7 Å². The van der Waals surface area contributed by atoms with E-state index < -0.39 is 23.4 Å². The third kappa shape index (κ3) is 6.10. The lowest BCUT2D eigenvalue weighted by molar-refractivity contribution is -0.147. The molecule has 3 fully saturated rings. The molecule has 0 spiro atoms. The molecule has 0 bridgehead atoms. The van der Waals surface area contributed by atoms with Gasteiger partial charge in [-0.3, -0.25) is 14.4 Å². The van der Waals surface area contributed by atoms with Gasteiger partial charge in [0.15, 0.2) is 11.5 Å². The van der Waals surface area contributed by atoms with Crippen LogP contribution in [0.5, 0.6) is 17.2 Å². The van der Waals surface area contributed by atoms with Gasteiger partial charge in [0.25, 0.3) is 0 Å². The molecule has 3 aliphatic rings. The molecule has 10 heteroatoms. The summed E-state index contributed by atoms with van der Waals surface area (Å²) in [5.41, 5.74) is 5.39. The van der Waals surface area contributed by atoms with Crippen LogP contribution in [-0.2, 0) is 19.1 Å². The van der Waals surface area contributed by atoms with Gasteiger partial charge in [-0.05, 0) is 55.7 Å². The van der Waals surface area contributed by atoms with Crippen molar-refractivity contribution in [3.63, 3.8) is 0 Å². The van der Waals surface area contributed by atoms with Crippen LogP contribution >= 0.6 is 0 Å². The highest BCUT2D eigenvalue weighted by Gasteiger charge is 2.45. The number of methoxy groups -OCH3 is 3. The summed E-state index contributed by atoms with van der Waals surface area (Å²) in [6, 6.07) is 3.06. The molecule has 39 heavy (non-hydrogen) atoms. The van der Waals surface area contributed by atoms with Gasteiger partial charge in [0, 0.05) is 32.6 Å². The van der Waals surface area contributed by atoms with Crippen molar-refractivity contribution in [2.24, 2.45) is 11.7 Å². The van der Waals surface area contributed by atoms with Gasteiger partial charge >= 0.3 is 0 Å². The molecule has 2 heterocycles. The van der Waals surface area contributed by atoms with Crippen molar-refractivity contribution >= 4 is 17.7 Å². The highest BCUT2D eigenvalue weighted by atomic mass is 16.5. The first-order valence-electron chi connectivity index (χ1n) is 14.1. The van der Waals surface area contributed by atoms with Gasteiger partial charge in [-0.25, -0.2) is 0 Å². The molecule has 0 aromatic heterocycles. The topological polar surface area (TPSA) is 129 Å². The molecule has 3 amide bonds. The maximum Gasteiger partial charge on any atom is 0.243 e. The zero-order valence-corrected chi connectivity index (χ0v) is 23.5. The molecule has 0 radical (unpaired) electrons. The number of amides is 3. The monoisotopic (exact) mass is 545 g/mol. The second kappa shape index (κ2) is 12.9. The van der Waals surface area contributed by atoms with E-state index in [9.17, 15) is 14.4 Å². The van der Waals surface area contributed by atoms with E-state index in [1.807, 2.05) is 12.1 Å².